The van der Waals surface area contributed by atoms with Gasteiger partial charge in [-0.05, 0) is 50.0 Å². The highest BCUT2D eigenvalue weighted by molar-refractivity contribution is 5.74. The van der Waals surface area contributed by atoms with Gasteiger partial charge in [-0.15, -0.1) is 0 Å². The van der Waals surface area contributed by atoms with Gasteiger partial charge >= 0.3 is 6.03 Å². The number of rotatable bonds is 8. The second kappa shape index (κ2) is 10.7. The van der Waals surface area contributed by atoms with Gasteiger partial charge < -0.3 is 10.6 Å². The number of hydrogen-bond donors (Lipinski definition) is 2. The van der Waals surface area contributed by atoms with Crippen molar-refractivity contribution in [3.63, 3.8) is 0 Å². The number of nitrogens with zero attached hydrogens (tertiary/aromatic N) is 1. The minimum Gasteiger partial charge on any atom is -0.337 e. The van der Waals surface area contributed by atoms with Gasteiger partial charge in [0.1, 0.15) is 0 Å². The number of carbonyl (C=O) groups is 1. The minimum absolute atomic E-state index is 0.0110. The predicted molar refractivity (Wildman–Crippen MR) is 114 cm³/mol. The van der Waals surface area contributed by atoms with Gasteiger partial charge in [-0.25, -0.2) is 4.79 Å². The van der Waals surface area contributed by atoms with Crippen LogP contribution in [0.2, 0.25) is 0 Å². The molecule has 0 spiro atoms. The minimum atomic E-state index is -0.0110. The van der Waals surface area contributed by atoms with Crippen molar-refractivity contribution in [2.24, 2.45) is 17.8 Å². The number of benzene rings is 1. The lowest BCUT2D eigenvalue weighted by Crippen LogP contribution is -2.50. The van der Waals surface area contributed by atoms with Gasteiger partial charge in [0.2, 0.25) is 0 Å². The van der Waals surface area contributed by atoms with Crippen LogP contribution in [0.1, 0.15) is 59.4 Å². The van der Waals surface area contributed by atoms with Gasteiger partial charge in [0.15, 0.2) is 0 Å². The molecule has 2 rings (SSSR count). The third kappa shape index (κ3) is 7.17. The standard InChI is InChI=1S/C23H39N3O/c1-17(2)21-12-11-19(5)15-22(21)25-23(27)24-13-14-26(18(3)4)16-20-9-7-6-8-10-20/h6-10,17-19,21-22H,11-16H2,1-5H3,(H2,24,25,27)/t19-,21+,22-/m1/s1. The molecular formula is C23H39N3O. The molecule has 2 N–H and O–H groups in total. The van der Waals surface area contributed by atoms with Crippen molar-refractivity contribution < 1.29 is 4.79 Å². The first-order valence-corrected chi connectivity index (χ1v) is 10.7. The zero-order valence-corrected chi connectivity index (χ0v) is 17.9. The Morgan fingerprint density at radius 3 is 2.48 bits per heavy atom. The van der Waals surface area contributed by atoms with Crippen LogP contribution in [0.15, 0.2) is 30.3 Å². The summed E-state index contributed by atoms with van der Waals surface area (Å²) < 4.78 is 0. The Morgan fingerprint density at radius 1 is 1.15 bits per heavy atom. The molecule has 152 valence electrons. The van der Waals surface area contributed by atoms with Crippen LogP contribution in [-0.2, 0) is 6.54 Å². The Balaban J connectivity index is 1.79. The summed E-state index contributed by atoms with van der Waals surface area (Å²) in [7, 11) is 0. The zero-order valence-electron chi connectivity index (χ0n) is 17.9. The van der Waals surface area contributed by atoms with Crippen LogP contribution in [0.5, 0.6) is 0 Å². The van der Waals surface area contributed by atoms with E-state index < -0.39 is 0 Å². The number of urea groups is 1. The Kier molecular flexibility index (Phi) is 8.62. The first kappa shape index (κ1) is 21.7. The Hall–Kier alpha value is -1.55. The zero-order chi connectivity index (χ0) is 19.8. The van der Waals surface area contributed by atoms with E-state index in [1.165, 1.54) is 18.4 Å². The average Bonchev–Trinajstić information content (AvgIpc) is 2.61. The van der Waals surface area contributed by atoms with Gasteiger partial charge in [-0.1, -0.05) is 57.5 Å². The Morgan fingerprint density at radius 2 is 1.85 bits per heavy atom. The highest BCUT2D eigenvalue weighted by Crippen LogP contribution is 2.33. The van der Waals surface area contributed by atoms with E-state index in [9.17, 15) is 4.79 Å². The SMILES string of the molecule is CC(C)[C@@H]1CC[C@@H](C)C[C@H]1NC(=O)NCCN(Cc1ccccc1)C(C)C. The molecule has 4 heteroatoms. The van der Waals surface area contributed by atoms with Crippen LogP contribution < -0.4 is 10.6 Å². The van der Waals surface area contributed by atoms with E-state index >= 15 is 0 Å². The van der Waals surface area contributed by atoms with Gasteiger partial charge in [0.05, 0.1) is 0 Å². The lowest BCUT2D eigenvalue weighted by atomic mass is 9.74. The van der Waals surface area contributed by atoms with Crippen LogP contribution >= 0.6 is 0 Å². The third-order valence-electron chi connectivity index (χ3n) is 5.98. The molecule has 0 bridgehead atoms. The summed E-state index contributed by atoms with van der Waals surface area (Å²) in [6.07, 6.45) is 3.61. The summed E-state index contributed by atoms with van der Waals surface area (Å²) in [5.74, 6) is 1.91. The van der Waals surface area contributed by atoms with Crippen LogP contribution in [0.3, 0.4) is 0 Å². The van der Waals surface area contributed by atoms with Crippen molar-refractivity contribution in [3.05, 3.63) is 35.9 Å². The number of amides is 2. The molecule has 1 aromatic carbocycles. The summed E-state index contributed by atoms with van der Waals surface area (Å²) in [5, 5.41) is 6.35. The monoisotopic (exact) mass is 373 g/mol. The maximum Gasteiger partial charge on any atom is 0.315 e. The van der Waals surface area contributed by atoms with Crippen LogP contribution in [0.4, 0.5) is 4.79 Å². The largest absolute Gasteiger partial charge is 0.337 e. The highest BCUT2D eigenvalue weighted by Gasteiger charge is 2.31. The van der Waals surface area contributed by atoms with Crippen LogP contribution in [0.25, 0.3) is 0 Å². The fourth-order valence-electron chi connectivity index (χ4n) is 4.24. The third-order valence-corrected chi connectivity index (χ3v) is 5.98. The molecule has 0 aromatic heterocycles. The van der Waals surface area contributed by atoms with E-state index in [1.54, 1.807) is 0 Å². The summed E-state index contributed by atoms with van der Waals surface area (Å²) in [6, 6.07) is 11.3. The summed E-state index contributed by atoms with van der Waals surface area (Å²) in [4.78, 5) is 14.9. The fraction of sp³-hybridized carbons (Fsp3) is 0.696. The Labute approximate surface area is 166 Å². The molecule has 1 aromatic rings. The van der Waals surface area contributed by atoms with E-state index in [4.69, 9.17) is 0 Å². The molecule has 3 atom stereocenters. The molecule has 1 aliphatic carbocycles. The highest BCUT2D eigenvalue weighted by atomic mass is 16.2. The molecule has 1 aliphatic rings. The van der Waals surface area contributed by atoms with Crippen molar-refractivity contribution in [2.75, 3.05) is 13.1 Å². The molecule has 0 radical (unpaired) electrons. The van der Waals surface area contributed by atoms with Crippen molar-refractivity contribution >= 4 is 6.03 Å². The van der Waals surface area contributed by atoms with Crippen LogP contribution in [-0.4, -0.2) is 36.1 Å². The smallest absolute Gasteiger partial charge is 0.315 e. The average molecular weight is 374 g/mol. The molecule has 0 saturated heterocycles. The van der Waals surface area contributed by atoms with E-state index in [0.717, 1.165) is 19.5 Å². The van der Waals surface area contributed by atoms with Crippen LogP contribution in [0, 0.1) is 17.8 Å². The number of carbonyl (C=O) groups excluding carboxylic acids is 1. The molecule has 0 heterocycles. The van der Waals surface area contributed by atoms with Crippen molar-refractivity contribution in [2.45, 2.75) is 72.5 Å². The van der Waals surface area contributed by atoms with Crippen molar-refractivity contribution in [3.8, 4) is 0 Å². The van der Waals surface area contributed by atoms with Gasteiger partial charge in [0.25, 0.3) is 0 Å². The molecular weight excluding hydrogens is 334 g/mol. The molecule has 0 aliphatic heterocycles. The second-order valence-corrected chi connectivity index (χ2v) is 8.88. The first-order valence-electron chi connectivity index (χ1n) is 10.7. The van der Waals surface area contributed by atoms with Gasteiger partial charge in [0, 0.05) is 31.7 Å². The molecule has 27 heavy (non-hydrogen) atoms. The fourth-order valence-corrected chi connectivity index (χ4v) is 4.24. The van der Waals surface area contributed by atoms with E-state index in [1.807, 2.05) is 6.07 Å². The predicted octanol–water partition coefficient (Wildman–Crippen LogP) is 4.66. The van der Waals surface area contributed by atoms with Crippen molar-refractivity contribution in [1.82, 2.24) is 15.5 Å². The van der Waals surface area contributed by atoms with E-state index in [2.05, 4.69) is 74.4 Å². The van der Waals surface area contributed by atoms with E-state index in [0.29, 0.717) is 36.4 Å². The molecule has 0 unspecified atom stereocenters. The van der Waals surface area contributed by atoms with E-state index in [-0.39, 0.29) is 6.03 Å². The maximum absolute atomic E-state index is 12.5. The van der Waals surface area contributed by atoms with Gasteiger partial charge in [-0.3, -0.25) is 4.90 Å². The normalized spacial score (nSPS) is 23.0. The summed E-state index contributed by atoms with van der Waals surface area (Å²) in [5.41, 5.74) is 1.31. The topological polar surface area (TPSA) is 44.4 Å². The first-order chi connectivity index (χ1) is 12.9. The molecule has 2 amide bonds. The summed E-state index contributed by atoms with van der Waals surface area (Å²) in [6.45, 7) is 13.7. The number of nitrogens with one attached hydrogen (secondary N) is 2. The number of hydrogen-bond acceptors (Lipinski definition) is 2. The van der Waals surface area contributed by atoms with Crippen molar-refractivity contribution in [1.29, 1.82) is 0 Å². The summed E-state index contributed by atoms with van der Waals surface area (Å²) >= 11 is 0. The van der Waals surface area contributed by atoms with Gasteiger partial charge in [-0.2, -0.15) is 0 Å². The second-order valence-electron chi connectivity index (χ2n) is 8.88. The molecule has 4 nitrogen and oxygen atoms in total. The lowest BCUT2D eigenvalue weighted by molar-refractivity contribution is 0.166. The molecule has 1 saturated carbocycles. The quantitative estimate of drug-likeness (QED) is 0.696. The maximum atomic E-state index is 12.5. The lowest BCUT2D eigenvalue weighted by Gasteiger charge is -2.37. The molecule has 1 fully saturated rings. The Bertz CT molecular complexity index is 558.